The fraction of sp³-hybridized carbons (Fsp3) is 0.727. The maximum atomic E-state index is 9.78. The minimum Gasteiger partial charge on any atom is -0.392 e. The summed E-state index contributed by atoms with van der Waals surface area (Å²) in [5, 5.41) is 15.1. The molecule has 86 valence electrons. The summed E-state index contributed by atoms with van der Waals surface area (Å²) in [6.07, 6.45) is 0.740. The SMILES string of the molecule is CCC(C)C(O)CNC(C)c1cscn1. The molecule has 0 aliphatic carbocycles. The van der Waals surface area contributed by atoms with Gasteiger partial charge in [-0.3, -0.25) is 0 Å². The minimum absolute atomic E-state index is 0.218. The second-order valence-corrected chi connectivity index (χ2v) is 4.71. The molecular weight excluding hydrogens is 208 g/mol. The third-order valence-electron chi connectivity index (χ3n) is 2.83. The van der Waals surface area contributed by atoms with E-state index in [-0.39, 0.29) is 12.1 Å². The fourth-order valence-corrected chi connectivity index (χ4v) is 1.96. The van der Waals surface area contributed by atoms with E-state index in [0.29, 0.717) is 12.5 Å². The van der Waals surface area contributed by atoms with Crippen LogP contribution < -0.4 is 5.32 Å². The monoisotopic (exact) mass is 228 g/mol. The molecule has 0 saturated carbocycles. The van der Waals surface area contributed by atoms with Gasteiger partial charge >= 0.3 is 0 Å². The number of nitrogens with one attached hydrogen (secondary N) is 1. The van der Waals surface area contributed by atoms with E-state index in [9.17, 15) is 5.11 Å². The second kappa shape index (κ2) is 6.20. The highest BCUT2D eigenvalue weighted by Crippen LogP contribution is 2.13. The van der Waals surface area contributed by atoms with Gasteiger partial charge in [0.1, 0.15) is 0 Å². The van der Waals surface area contributed by atoms with E-state index >= 15 is 0 Å². The van der Waals surface area contributed by atoms with Gasteiger partial charge in [0, 0.05) is 18.0 Å². The molecule has 3 nitrogen and oxygen atoms in total. The van der Waals surface area contributed by atoms with E-state index in [2.05, 4.69) is 31.1 Å². The molecule has 2 N–H and O–H groups in total. The van der Waals surface area contributed by atoms with E-state index in [4.69, 9.17) is 0 Å². The Morgan fingerprint density at radius 1 is 1.53 bits per heavy atom. The van der Waals surface area contributed by atoms with Crippen molar-refractivity contribution in [2.24, 2.45) is 5.92 Å². The van der Waals surface area contributed by atoms with Crippen molar-refractivity contribution in [2.45, 2.75) is 39.3 Å². The molecule has 3 unspecified atom stereocenters. The Morgan fingerprint density at radius 3 is 2.80 bits per heavy atom. The highest BCUT2D eigenvalue weighted by molar-refractivity contribution is 7.07. The molecule has 3 atom stereocenters. The number of thiazole rings is 1. The Hall–Kier alpha value is -0.450. The first-order valence-corrected chi connectivity index (χ1v) is 6.39. The van der Waals surface area contributed by atoms with Crippen molar-refractivity contribution in [3.8, 4) is 0 Å². The van der Waals surface area contributed by atoms with Crippen LogP contribution in [0.25, 0.3) is 0 Å². The Bertz CT molecular complexity index is 264. The summed E-state index contributed by atoms with van der Waals surface area (Å²) in [6.45, 7) is 6.86. The molecule has 1 heterocycles. The lowest BCUT2D eigenvalue weighted by Crippen LogP contribution is -2.33. The molecule has 15 heavy (non-hydrogen) atoms. The van der Waals surface area contributed by atoms with Gasteiger partial charge in [-0.05, 0) is 12.8 Å². The predicted molar refractivity (Wildman–Crippen MR) is 64.0 cm³/mol. The molecule has 1 aromatic heterocycles. The third kappa shape index (κ3) is 3.89. The van der Waals surface area contributed by atoms with Crippen molar-refractivity contribution >= 4 is 11.3 Å². The number of nitrogens with zero attached hydrogens (tertiary/aromatic N) is 1. The number of hydrogen-bond acceptors (Lipinski definition) is 4. The van der Waals surface area contributed by atoms with E-state index in [1.807, 2.05) is 10.9 Å². The van der Waals surface area contributed by atoms with Crippen molar-refractivity contribution in [1.82, 2.24) is 10.3 Å². The van der Waals surface area contributed by atoms with Gasteiger partial charge in [-0.25, -0.2) is 4.98 Å². The predicted octanol–water partition coefficient (Wildman–Crippen LogP) is 2.20. The first kappa shape index (κ1) is 12.6. The topological polar surface area (TPSA) is 45.1 Å². The zero-order valence-corrected chi connectivity index (χ0v) is 10.4. The van der Waals surface area contributed by atoms with E-state index in [1.165, 1.54) is 0 Å². The van der Waals surface area contributed by atoms with Crippen LogP contribution in [-0.4, -0.2) is 22.7 Å². The van der Waals surface area contributed by atoms with Crippen LogP contribution in [-0.2, 0) is 0 Å². The number of aliphatic hydroxyl groups is 1. The highest BCUT2D eigenvalue weighted by Gasteiger charge is 2.14. The summed E-state index contributed by atoms with van der Waals surface area (Å²) in [4.78, 5) is 4.23. The van der Waals surface area contributed by atoms with Crippen LogP contribution >= 0.6 is 11.3 Å². The third-order valence-corrected chi connectivity index (χ3v) is 3.43. The molecule has 0 radical (unpaired) electrons. The Morgan fingerprint density at radius 2 is 2.27 bits per heavy atom. The van der Waals surface area contributed by atoms with Gasteiger partial charge in [0.2, 0.25) is 0 Å². The van der Waals surface area contributed by atoms with Crippen molar-refractivity contribution in [3.63, 3.8) is 0 Å². The Labute approximate surface area is 95.6 Å². The van der Waals surface area contributed by atoms with Crippen LogP contribution in [0.2, 0.25) is 0 Å². The molecule has 0 aromatic carbocycles. The van der Waals surface area contributed by atoms with Crippen molar-refractivity contribution in [1.29, 1.82) is 0 Å². The molecule has 0 spiro atoms. The molecule has 0 bridgehead atoms. The quantitative estimate of drug-likeness (QED) is 0.784. The fourth-order valence-electron chi connectivity index (χ4n) is 1.31. The second-order valence-electron chi connectivity index (χ2n) is 4.00. The smallest absolute Gasteiger partial charge is 0.0795 e. The van der Waals surface area contributed by atoms with Crippen LogP contribution in [0.15, 0.2) is 10.9 Å². The summed E-state index contributed by atoms with van der Waals surface area (Å²) in [5.74, 6) is 0.347. The van der Waals surface area contributed by atoms with Crippen LogP contribution in [0, 0.1) is 5.92 Å². The summed E-state index contributed by atoms with van der Waals surface area (Å²) >= 11 is 1.60. The number of rotatable bonds is 6. The standard InChI is InChI=1S/C11H20N2OS/c1-4-8(2)11(14)5-12-9(3)10-6-15-7-13-10/h6-9,11-12,14H,4-5H2,1-3H3. The molecule has 0 amide bonds. The lowest BCUT2D eigenvalue weighted by atomic mass is 10.0. The number of aliphatic hydroxyl groups excluding tert-OH is 1. The normalized spacial score (nSPS) is 17.3. The maximum absolute atomic E-state index is 9.78. The number of hydrogen-bond donors (Lipinski definition) is 2. The zero-order chi connectivity index (χ0) is 11.3. The first-order valence-electron chi connectivity index (χ1n) is 5.44. The zero-order valence-electron chi connectivity index (χ0n) is 9.60. The molecule has 1 rings (SSSR count). The Kier molecular flexibility index (Phi) is 5.22. The van der Waals surface area contributed by atoms with Gasteiger partial charge in [0.25, 0.3) is 0 Å². The summed E-state index contributed by atoms with van der Waals surface area (Å²) in [7, 11) is 0. The van der Waals surface area contributed by atoms with Crippen LogP contribution in [0.1, 0.15) is 38.9 Å². The average molecular weight is 228 g/mol. The number of aromatic nitrogens is 1. The van der Waals surface area contributed by atoms with Crippen molar-refractivity contribution in [2.75, 3.05) is 6.54 Å². The van der Waals surface area contributed by atoms with Crippen LogP contribution in [0.5, 0.6) is 0 Å². The first-order chi connectivity index (χ1) is 7.15. The molecule has 0 aliphatic heterocycles. The molecular formula is C11H20N2OS. The highest BCUT2D eigenvalue weighted by atomic mass is 32.1. The van der Waals surface area contributed by atoms with Crippen LogP contribution in [0.3, 0.4) is 0 Å². The summed E-state index contributed by atoms with van der Waals surface area (Å²) in [6, 6.07) is 0.218. The van der Waals surface area contributed by atoms with Gasteiger partial charge < -0.3 is 10.4 Å². The maximum Gasteiger partial charge on any atom is 0.0795 e. The van der Waals surface area contributed by atoms with Crippen LogP contribution in [0.4, 0.5) is 0 Å². The molecule has 0 saturated heterocycles. The lowest BCUT2D eigenvalue weighted by Gasteiger charge is -2.20. The average Bonchev–Trinajstić information content (AvgIpc) is 2.77. The summed E-state index contributed by atoms with van der Waals surface area (Å²) in [5.41, 5.74) is 2.88. The van der Waals surface area contributed by atoms with E-state index in [1.54, 1.807) is 11.3 Å². The molecule has 4 heteroatoms. The van der Waals surface area contributed by atoms with E-state index in [0.717, 1.165) is 12.1 Å². The summed E-state index contributed by atoms with van der Waals surface area (Å²) < 4.78 is 0. The largest absolute Gasteiger partial charge is 0.392 e. The molecule has 0 aliphatic rings. The van der Waals surface area contributed by atoms with Gasteiger partial charge in [0.05, 0.1) is 17.3 Å². The van der Waals surface area contributed by atoms with Gasteiger partial charge in [-0.2, -0.15) is 0 Å². The Balaban J connectivity index is 2.31. The van der Waals surface area contributed by atoms with Crippen molar-refractivity contribution < 1.29 is 5.11 Å². The minimum atomic E-state index is -0.268. The van der Waals surface area contributed by atoms with Crippen molar-refractivity contribution in [3.05, 3.63) is 16.6 Å². The van der Waals surface area contributed by atoms with E-state index < -0.39 is 0 Å². The van der Waals surface area contributed by atoms with Gasteiger partial charge in [-0.15, -0.1) is 11.3 Å². The lowest BCUT2D eigenvalue weighted by molar-refractivity contribution is 0.110. The van der Waals surface area contributed by atoms with Gasteiger partial charge in [0.15, 0.2) is 0 Å². The van der Waals surface area contributed by atoms with Gasteiger partial charge in [-0.1, -0.05) is 20.3 Å². The molecule has 1 aromatic rings. The molecule has 0 fully saturated rings.